The number of benzene rings is 4. The highest BCUT2D eigenvalue weighted by molar-refractivity contribution is 6.16. The average molecular weight is 684 g/mol. The Morgan fingerprint density at radius 3 is 2.49 bits per heavy atom. The van der Waals surface area contributed by atoms with Crippen LogP contribution in [0.4, 0.5) is 0 Å². The lowest BCUT2D eigenvalue weighted by Gasteiger charge is -2.12. The lowest BCUT2D eigenvalue weighted by Crippen LogP contribution is -2.00. The van der Waals surface area contributed by atoms with Gasteiger partial charge in [-0.3, -0.25) is 0 Å². The number of nitrogens with zero attached hydrogens (tertiary/aromatic N) is 3. The maximum Gasteiger partial charge on any atom is 0.178 e. The minimum atomic E-state index is 0.634. The van der Waals surface area contributed by atoms with E-state index in [4.69, 9.17) is 18.8 Å². The first kappa shape index (κ1) is 30.8. The molecule has 0 N–H and O–H groups in total. The molecule has 0 radical (unpaired) electrons. The van der Waals surface area contributed by atoms with Crippen LogP contribution in [0.5, 0.6) is 0 Å². The van der Waals surface area contributed by atoms with Gasteiger partial charge in [0.15, 0.2) is 17.0 Å². The van der Waals surface area contributed by atoms with Crippen molar-refractivity contribution in [2.45, 2.75) is 19.8 Å². The Morgan fingerprint density at radius 1 is 0.811 bits per heavy atom. The van der Waals surface area contributed by atoms with Gasteiger partial charge in [-0.25, -0.2) is 9.97 Å². The summed E-state index contributed by atoms with van der Waals surface area (Å²) in [6.45, 7) is 5.91. The summed E-state index contributed by atoms with van der Waals surface area (Å²) in [5, 5.41) is 4.27. The van der Waals surface area contributed by atoms with Crippen molar-refractivity contribution < 1.29 is 8.83 Å². The Hall–Kier alpha value is -6.94. The molecule has 0 bridgehead atoms. The van der Waals surface area contributed by atoms with Gasteiger partial charge in [-0.2, -0.15) is 0 Å². The number of furan rings is 2. The first-order chi connectivity index (χ1) is 26.2. The molecule has 10 rings (SSSR count). The van der Waals surface area contributed by atoms with Gasteiger partial charge in [-0.05, 0) is 79.9 Å². The zero-order valence-electron chi connectivity index (χ0n) is 29.1. The zero-order valence-corrected chi connectivity index (χ0v) is 29.1. The van der Waals surface area contributed by atoms with Crippen molar-refractivity contribution in [2.24, 2.45) is 0 Å². The first-order valence-electron chi connectivity index (χ1n) is 17.9. The molecule has 8 aromatic rings. The summed E-state index contributed by atoms with van der Waals surface area (Å²) in [5.74, 6) is 1.39. The molecule has 2 aliphatic carbocycles. The van der Waals surface area contributed by atoms with Crippen LogP contribution >= 0.6 is 0 Å². The maximum absolute atomic E-state index is 6.61. The van der Waals surface area contributed by atoms with Crippen molar-refractivity contribution >= 4 is 73.3 Å². The minimum absolute atomic E-state index is 0.634. The Kier molecular flexibility index (Phi) is 7.21. The summed E-state index contributed by atoms with van der Waals surface area (Å²) in [6.07, 6.45) is 20.5. The Bertz CT molecular complexity index is 3010. The molecular weight excluding hydrogens is 651 g/mol. The van der Waals surface area contributed by atoms with Gasteiger partial charge in [0.05, 0.1) is 22.6 Å². The summed E-state index contributed by atoms with van der Waals surface area (Å²) in [6, 6.07) is 31.5. The predicted molar refractivity (Wildman–Crippen MR) is 219 cm³/mol. The van der Waals surface area contributed by atoms with Crippen LogP contribution in [-0.4, -0.2) is 14.5 Å². The molecule has 0 spiro atoms. The normalized spacial score (nSPS) is 14.1. The molecule has 0 fully saturated rings. The van der Waals surface area contributed by atoms with E-state index in [0.29, 0.717) is 5.82 Å². The minimum Gasteiger partial charge on any atom is -0.452 e. The summed E-state index contributed by atoms with van der Waals surface area (Å²) >= 11 is 0. The van der Waals surface area contributed by atoms with Crippen molar-refractivity contribution in [3.63, 3.8) is 0 Å². The molecule has 5 nitrogen and oxygen atoms in total. The third-order valence-corrected chi connectivity index (χ3v) is 10.2. The van der Waals surface area contributed by atoms with E-state index in [1.807, 2.05) is 61.6 Å². The molecule has 0 unspecified atom stereocenters. The molecule has 4 heterocycles. The molecule has 5 heteroatoms. The lowest BCUT2D eigenvalue weighted by atomic mass is 10.0. The van der Waals surface area contributed by atoms with Crippen LogP contribution < -0.4 is 0 Å². The van der Waals surface area contributed by atoms with Gasteiger partial charge >= 0.3 is 0 Å². The highest BCUT2D eigenvalue weighted by Gasteiger charge is 2.23. The van der Waals surface area contributed by atoms with Gasteiger partial charge in [0.1, 0.15) is 11.3 Å². The molecule has 252 valence electrons. The summed E-state index contributed by atoms with van der Waals surface area (Å²) in [4.78, 5) is 10.0. The summed E-state index contributed by atoms with van der Waals surface area (Å²) < 4.78 is 15.5. The number of aromatic nitrogens is 3. The summed E-state index contributed by atoms with van der Waals surface area (Å²) in [5.41, 5.74) is 16.1. The number of hydrogen-bond donors (Lipinski definition) is 0. The first-order valence-corrected chi connectivity index (χ1v) is 17.9. The Labute approximate surface area is 306 Å². The second-order valence-electron chi connectivity index (χ2n) is 13.4. The van der Waals surface area contributed by atoms with E-state index in [1.165, 1.54) is 22.2 Å². The highest BCUT2D eigenvalue weighted by Crippen LogP contribution is 2.42. The van der Waals surface area contributed by atoms with Crippen molar-refractivity contribution in [1.82, 2.24) is 14.5 Å². The topological polar surface area (TPSA) is 57.0 Å². The molecule has 0 saturated carbocycles. The van der Waals surface area contributed by atoms with Gasteiger partial charge in [-0.1, -0.05) is 85.5 Å². The van der Waals surface area contributed by atoms with Gasteiger partial charge in [-0.15, -0.1) is 5.73 Å². The molecular formula is C48H33N3O2. The highest BCUT2D eigenvalue weighted by atomic mass is 16.4. The fourth-order valence-corrected chi connectivity index (χ4v) is 7.82. The predicted octanol–water partition coefficient (Wildman–Crippen LogP) is 12.7. The molecule has 4 aromatic heterocycles. The standard InChI is InChI=1S/C48H33N3O2/c1-3-13-31(14-4-2)48-49-40(30-15-6-5-7-16-30)29-41(50-48)32-23-26-45-38(27-32)36-24-25-37-39-28-33(17-12-22-44(39)52-47(37)46(36)53-45)51-42-20-10-8-18-34(42)35-19-9-11-21-43(35)51/h3-8,10-11,13-18,20-29H,1,9,19H2,2H3/b14-4-,31-13+. The van der Waals surface area contributed by atoms with Gasteiger partial charge in [0.2, 0.25) is 0 Å². The quantitative estimate of drug-likeness (QED) is 0.129. The van der Waals surface area contributed by atoms with Gasteiger partial charge < -0.3 is 13.4 Å². The van der Waals surface area contributed by atoms with Crippen molar-refractivity contribution in [1.29, 1.82) is 0 Å². The largest absolute Gasteiger partial charge is 0.452 e. The number of rotatable bonds is 6. The zero-order chi connectivity index (χ0) is 35.5. The van der Waals surface area contributed by atoms with Crippen LogP contribution in [-0.2, 0) is 6.42 Å². The third kappa shape index (κ3) is 5.02. The van der Waals surface area contributed by atoms with E-state index in [0.717, 1.165) is 90.9 Å². The monoisotopic (exact) mass is 683 g/mol. The van der Waals surface area contributed by atoms with E-state index in [9.17, 15) is 0 Å². The van der Waals surface area contributed by atoms with Crippen LogP contribution in [0.2, 0.25) is 0 Å². The fourth-order valence-electron chi connectivity index (χ4n) is 7.82. The molecule has 0 aliphatic heterocycles. The van der Waals surface area contributed by atoms with Crippen LogP contribution in [0.25, 0.3) is 95.8 Å². The SMILES string of the molecule is C=C/C=C(\C=C/C)c1nc(-c2ccccc2)cc(-c2ccc3oc4c(ccc5c6c(oc54)C=C=CC(n4c5c(c7ccccc74)CCC=C5)=C6)c3c2)n1. The average Bonchev–Trinajstić information content (AvgIpc) is 3.81. The van der Waals surface area contributed by atoms with Crippen molar-refractivity contribution in [3.8, 4) is 22.5 Å². The fraction of sp³-hybridized carbons (Fsp3) is 0.0625. The molecule has 4 aromatic carbocycles. The number of allylic oxidation sites excluding steroid dienone is 8. The van der Waals surface area contributed by atoms with Gasteiger partial charge in [0, 0.05) is 61.7 Å². The molecule has 0 atom stereocenters. The maximum atomic E-state index is 6.61. The molecule has 2 aliphatic rings. The van der Waals surface area contributed by atoms with Crippen molar-refractivity contribution in [2.75, 3.05) is 0 Å². The number of para-hydroxylation sites is 1. The van der Waals surface area contributed by atoms with Gasteiger partial charge in [0.25, 0.3) is 0 Å². The smallest absolute Gasteiger partial charge is 0.178 e. The molecule has 53 heavy (non-hydrogen) atoms. The lowest BCUT2D eigenvalue weighted by molar-refractivity contribution is 0.590. The number of fused-ring (bicyclic) bond motifs is 10. The second kappa shape index (κ2) is 12.4. The second-order valence-corrected chi connectivity index (χ2v) is 13.4. The Morgan fingerprint density at radius 2 is 1.62 bits per heavy atom. The molecule has 0 saturated heterocycles. The van der Waals surface area contributed by atoms with E-state index in [2.05, 4.69) is 102 Å². The number of aryl methyl sites for hydroxylation is 1. The van der Waals surface area contributed by atoms with Crippen LogP contribution in [0.3, 0.4) is 0 Å². The third-order valence-electron chi connectivity index (χ3n) is 10.2. The van der Waals surface area contributed by atoms with Crippen LogP contribution in [0, 0.1) is 0 Å². The van der Waals surface area contributed by atoms with Crippen molar-refractivity contribution in [3.05, 3.63) is 168 Å². The van der Waals surface area contributed by atoms with E-state index >= 15 is 0 Å². The van der Waals surface area contributed by atoms with Crippen LogP contribution in [0.15, 0.2) is 149 Å². The van der Waals surface area contributed by atoms with Crippen LogP contribution in [0.1, 0.15) is 41.8 Å². The van der Waals surface area contributed by atoms with E-state index in [1.54, 1.807) is 6.08 Å². The number of hydrogen-bond acceptors (Lipinski definition) is 4. The Balaban J connectivity index is 1.12. The van der Waals surface area contributed by atoms with E-state index < -0.39 is 0 Å². The molecule has 0 amide bonds. The summed E-state index contributed by atoms with van der Waals surface area (Å²) in [7, 11) is 0. The van der Waals surface area contributed by atoms with E-state index in [-0.39, 0.29) is 0 Å².